The Hall–Kier alpha value is -5.95. The number of aliphatic carboxylic acids is 1. The summed E-state index contributed by atoms with van der Waals surface area (Å²) in [7, 11) is 1.63. The van der Waals surface area contributed by atoms with Gasteiger partial charge in [0.2, 0.25) is 6.10 Å². The van der Waals surface area contributed by atoms with Crippen LogP contribution in [-0.2, 0) is 16.1 Å². The first-order valence-corrected chi connectivity index (χ1v) is 17.1. The van der Waals surface area contributed by atoms with Crippen molar-refractivity contribution < 1.29 is 28.8 Å². The second-order valence-corrected chi connectivity index (χ2v) is 12.2. The molecule has 0 aliphatic carbocycles. The molecule has 270 valence electrons. The Morgan fingerprint density at radius 1 is 0.788 bits per heavy atom. The lowest BCUT2D eigenvalue weighted by molar-refractivity contribution is -0.145. The maximum absolute atomic E-state index is 12.3. The quantitative estimate of drug-likeness (QED) is 0.121. The topological polar surface area (TPSA) is 79.2 Å². The number of fused-ring (bicyclic) bond motifs is 3. The molecule has 1 heterocycles. The van der Waals surface area contributed by atoms with Crippen molar-refractivity contribution in [1.82, 2.24) is 4.57 Å². The third kappa shape index (κ3) is 9.04. The molecule has 0 radical (unpaired) electrons. The van der Waals surface area contributed by atoms with Crippen LogP contribution in [0.25, 0.3) is 27.6 Å². The number of carbonyl (C=O) groups is 1. The maximum Gasteiger partial charge on any atom is 0.349 e. The Labute approximate surface area is 307 Å². The molecule has 1 atom stereocenters. The second kappa shape index (κ2) is 18.3. The van der Waals surface area contributed by atoms with E-state index < -0.39 is 12.1 Å². The molecule has 7 heteroatoms. The summed E-state index contributed by atoms with van der Waals surface area (Å²) in [5.74, 6) is 2.00. The van der Waals surface area contributed by atoms with Crippen LogP contribution < -0.4 is 14.2 Å². The molecule has 52 heavy (non-hydrogen) atoms. The van der Waals surface area contributed by atoms with E-state index >= 15 is 0 Å². The zero-order valence-electron chi connectivity index (χ0n) is 29.9. The average Bonchev–Trinajstić information content (AvgIpc) is 3.47. The molecule has 0 spiro atoms. The second-order valence-electron chi connectivity index (χ2n) is 12.2. The zero-order valence-corrected chi connectivity index (χ0v) is 29.9. The van der Waals surface area contributed by atoms with Crippen molar-refractivity contribution in [3.63, 3.8) is 0 Å². The number of nitrogens with zero attached hydrogens (tertiary/aromatic N) is 1. The SMILES string of the molecule is C.C=C(O/C(C)=C(\C)COc1ccc(Cn2c3ccccc3c3c(OC(C(=O)O)c4ccccc4)cccc32)cc1OC)c1ccccc1.CCC. The minimum absolute atomic E-state index is 0. The van der Waals surface area contributed by atoms with E-state index in [1.807, 2.05) is 117 Å². The Balaban J connectivity index is 0.00000146. The van der Waals surface area contributed by atoms with E-state index in [-0.39, 0.29) is 7.43 Å². The molecule has 0 amide bonds. The highest BCUT2D eigenvalue weighted by Gasteiger charge is 2.24. The molecule has 1 N–H and O–H groups in total. The number of hydrogen-bond acceptors (Lipinski definition) is 5. The van der Waals surface area contributed by atoms with Gasteiger partial charge in [0, 0.05) is 39.5 Å². The van der Waals surface area contributed by atoms with Crippen LogP contribution in [0, 0.1) is 0 Å². The van der Waals surface area contributed by atoms with Gasteiger partial charge in [-0.2, -0.15) is 0 Å². The third-order valence-corrected chi connectivity index (χ3v) is 8.32. The highest BCUT2D eigenvalue weighted by molar-refractivity contribution is 6.11. The van der Waals surface area contributed by atoms with Gasteiger partial charge >= 0.3 is 5.97 Å². The Bertz CT molecular complexity index is 2130. The molecule has 0 bridgehead atoms. The van der Waals surface area contributed by atoms with Crippen molar-refractivity contribution in [2.75, 3.05) is 13.7 Å². The molecule has 0 fully saturated rings. The number of rotatable bonds is 13. The van der Waals surface area contributed by atoms with Crippen LogP contribution in [0.2, 0.25) is 0 Å². The van der Waals surface area contributed by atoms with Crippen LogP contribution in [-0.4, -0.2) is 29.4 Å². The summed E-state index contributed by atoms with van der Waals surface area (Å²) in [5.41, 5.74) is 5.37. The van der Waals surface area contributed by atoms with Crippen molar-refractivity contribution in [2.24, 2.45) is 0 Å². The minimum Gasteiger partial charge on any atom is -0.493 e. The maximum atomic E-state index is 12.3. The fraction of sp³-hybridized carbons (Fsp3) is 0.222. The molecule has 0 aliphatic heterocycles. The van der Waals surface area contributed by atoms with E-state index in [4.69, 9.17) is 18.9 Å². The van der Waals surface area contributed by atoms with E-state index in [0.29, 0.717) is 41.7 Å². The number of carboxylic acids is 1. The normalized spacial score (nSPS) is 11.7. The van der Waals surface area contributed by atoms with Gasteiger partial charge in [-0.15, -0.1) is 0 Å². The lowest BCUT2D eigenvalue weighted by Gasteiger charge is -2.17. The number of methoxy groups -OCH3 is 1. The Morgan fingerprint density at radius 3 is 2.10 bits per heavy atom. The van der Waals surface area contributed by atoms with E-state index in [1.54, 1.807) is 19.2 Å². The number of ether oxygens (including phenoxy) is 4. The predicted molar refractivity (Wildman–Crippen MR) is 212 cm³/mol. The number of aromatic nitrogens is 1. The zero-order chi connectivity index (χ0) is 36.3. The first kappa shape index (κ1) is 38.8. The molecule has 1 aromatic heterocycles. The van der Waals surface area contributed by atoms with Crippen LogP contribution in [0.4, 0.5) is 0 Å². The molecule has 0 aliphatic rings. The van der Waals surface area contributed by atoms with Gasteiger partial charge in [-0.3, -0.25) is 0 Å². The number of hydrogen-bond donors (Lipinski definition) is 1. The molecule has 0 saturated carbocycles. The van der Waals surface area contributed by atoms with Gasteiger partial charge in [-0.1, -0.05) is 125 Å². The lowest BCUT2D eigenvalue weighted by Crippen LogP contribution is -2.18. The summed E-state index contributed by atoms with van der Waals surface area (Å²) in [6, 6.07) is 38.5. The van der Waals surface area contributed by atoms with Crippen LogP contribution in [0.15, 0.2) is 139 Å². The Morgan fingerprint density at radius 2 is 1.42 bits per heavy atom. The molecule has 5 aromatic carbocycles. The minimum atomic E-state index is -1.15. The van der Waals surface area contributed by atoms with Crippen LogP contribution in [0.1, 0.15) is 64.3 Å². The van der Waals surface area contributed by atoms with Crippen molar-refractivity contribution in [3.8, 4) is 17.2 Å². The smallest absolute Gasteiger partial charge is 0.349 e. The van der Waals surface area contributed by atoms with E-state index in [9.17, 15) is 9.90 Å². The van der Waals surface area contributed by atoms with Gasteiger partial charge < -0.3 is 28.6 Å². The van der Waals surface area contributed by atoms with Crippen molar-refractivity contribution in [1.29, 1.82) is 0 Å². The molecule has 6 rings (SSSR count). The summed E-state index contributed by atoms with van der Waals surface area (Å²) in [5, 5.41) is 11.9. The fourth-order valence-electron chi connectivity index (χ4n) is 5.70. The van der Waals surface area contributed by atoms with Crippen molar-refractivity contribution in [2.45, 2.75) is 54.2 Å². The van der Waals surface area contributed by atoms with Gasteiger partial charge in [0.05, 0.1) is 12.6 Å². The van der Waals surface area contributed by atoms with Gasteiger partial charge in [-0.25, -0.2) is 4.79 Å². The summed E-state index contributed by atoms with van der Waals surface area (Å²) >= 11 is 0. The number of carboxylic acid groups (broad SMARTS) is 1. The molecule has 0 saturated heterocycles. The predicted octanol–water partition coefficient (Wildman–Crippen LogP) is 11.5. The standard InChI is InChI=1S/C41H37NO6.C3H8.CH4/c1-27(28(2)47-29(3)31-14-7-5-8-15-31)26-46-36-23-22-30(24-38(36)45-4)25-42-34-19-12-11-18-33(34)39-35(42)20-13-21-37(39)48-40(41(43)44)32-16-9-6-10-17-32;1-3-2;/h5-24,40H,3,25-26H2,1-2,4H3,(H,43,44);3H2,1-2H3;1H4/b28-27+;;. The van der Waals surface area contributed by atoms with E-state index in [2.05, 4.69) is 31.1 Å². The first-order chi connectivity index (χ1) is 24.7. The third-order valence-electron chi connectivity index (χ3n) is 8.32. The van der Waals surface area contributed by atoms with Crippen molar-refractivity contribution in [3.05, 3.63) is 156 Å². The largest absolute Gasteiger partial charge is 0.493 e. The number of allylic oxidation sites excluding steroid dienone is 1. The fourth-order valence-corrected chi connectivity index (χ4v) is 5.70. The summed E-state index contributed by atoms with van der Waals surface area (Å²) in [4.78, 5) is 12.3. The average molecular weight is 700 g/mol. The monoisotopic (exact) mass is 699 g/mol. The summed E-state index contributed by atoms with van der Waals surface area (Å²) in [6.45, 7) is 13.0. The summed E-state index contributed by atoms with van der Waals surface area (Å²) < 4.78 is 26.4. The molecular formula is C45H49NO6. The molecule has 1 unspecified atom stereocenters. The highest BCUT2D eigenvalue weighted by atomic mass is 16.5. The first-order valence-electron chi connectivity index (χ1n) is 17.1. The van der Waals surface area contributed by atoms with Gasteiger partial charge in [0.1, 0.15) is 23.9 Å². The number of para-hydroxylation sites is 1. The van der Waals surface area contributed by atoms with Gasteiger partial charge in [0.25, 0.3) is 0 Å². The molecule has 7 nitrogen and oxygen atoms in total. The van der Waals surface area contributed by atoms with Crippen LogP contribution in [0.3, 0.4) is 0 Å². The van der Waals surface area contributed by atoms with Gasteiger partial charge in [0.15, 0.2) is 11.5 Å². The van der Waals surface area contributed by atoms with E-state index in [1.165, 1.54) is 6.42 Å². The van der Waals surface area contributed by atoms with Crippen LogP contribution >= 0.6 is 0 Å². The highest BCUT2D eigenvalue weighted by Crippen LogP contribution is 2.39. The van der Waals surface area contributed by atoms with Crippen LogP contribution in [0.5, 0.6) is 17.2 Å². The number of benzene rings is 5. The molecule has 6 aromatic rings. The lowest BCUT2D eigenvalue weighted by atomic mass is 10.1. The van der Waals surface area contributed by atoms with Gasteiger partial charge in [-0.05, 0) is 49.7 Å². The Kier molecular flexibility index (Phi) is 13.7. The van der Waals surface area contributed by atoms with E-state index in [0.717, 1.165) is 44.3 Å². The summed E-state index contributed by atoms with van der Waals surface area (Å²) in [6.07, 6.45) is 0.104. The van der Waals surface area contributed by atoms with Crippen molar-refractivity contribution >= 4 is 33.5 Å². The molecular weight excluding hydrogens is 650 g/mol.